The number of aromatic nitrogens is 3. The van der Waals surface area contributed by atoms with Crippen LogP contribution in [0.25, 0.3) is 17.1 Å². The molecule has 1 saturated heterocycles. The maximum atomic E-state index is 13.9. The van der Waals surface area contributed by atoms with Crippen molar-refractivity contribution in [3.8, 4) is 22.8 Å². The number of amidine groups is 1. The van der Waals surface area contributed by atoms with Crippen LogP contribution < -0.4 is 15.1 Å². The third-order valence-electron chi connectivity index (χ3n) is 7.08. The van der Waals surface area contributed by atoms with Crippen molar-refractivity contribution < 1.29 is 36.6 Å². The van der Waals surface area contributed by atoms with E-state index in [1.807, 2.05) is 6.92 Å². The molecule has 2 heterocycles. The van der Waals surface area contributed by atoms with Crippen LogP contribution in [0, 0.1) is 6.92 Å². The fourth-order valence-corrected chi connectivity index (χ4v) is 5.74. The zero-order valence-electron chi connectivity index (χ0n) is 23.8. The van der Waals surface area contributed by atoms with Crippen LogP contribution in [0.5, 0.6) is 5.75 Å². The molecule has 46 heavy (non-hydrogen) atoms. The van der Waals surface area contributed by atoms with E-state index in [2.05, 4.69) is 30.3 Å². The van der Waals surface area contributed by atoms with Crippen LogP contribution in [0.4, 0.5) is 32.4 Å². The number of hydrogen-bond acceptors (Lipinski definition) is 7. The molecule has 0 radical (unpaired) electrons. The summed E-state index contributed by atoms with van der Waals surface area (Å²) in [6.45, 7) is 1.81. The van der Waals surface area contributed by atoms with Crippen LogP contribution in [0.1, 0.15) is 29.0 Å². The normalized spacial score (nSPS) is 20.0. The second-order valence-electron chi connectivity index (χ2n) is 10.5. The predicted molar refractivity (Wildman–Crippen MR) is 161 cm³/mol. The number of carbonyl (C=O) groups excluding carboxylic acids is 1. The molecular formula is C30H24F5N7O3S. The number of nitrogens with one attached hydrogen (secondary N) is 1. The molecule has 2 atom stereocenters. The van der Waals surface area contributed by atoms with E-state index in [0.29, 0.717) is 33.9 Å². The van der Waals surface area contributed by atoms with Crippen molar-refractivity contribution >= 4 is 34.9 Å². The number of hydrazone groups is 1. The summed E-state index contributed by atoms with van der Waals surface area (Å²) in [7, 11) is 0. The summed E-state index contributed by atoms with van der Waals surface area (Å²) in [5, 5.41) is 19.1. The summed E-state index contributed by atoms with van der Waals surface area (Å²) >= 11 is 1.13. The van der Waals surface area contributed by atoms with Crippen molar-refractivity contribution in [3.05, 3.63) is 89.7 Å². The highest BCUT2D eigenvalue weighted by Crippen LogP contribution is 2.58. The number of benzene rings is 3. The molecule has 16 heteroatoms. The number of anilines is 1. The van der Waals surface area contributed by atoms with Crippen molar-refractivity contribution in [2.24, 2.45) is 10.1 Å². The largest absolute Gasteiger partial charge is 0.573 e. The van der Waals surface area contributed by atoms with Gasteiger partial charge in [-0.15, -0.1) is 18.3 Å². The van der Waals surface area contributed by atoms with E-state index < -0.39 is 30.5 Å². The molecule has 2 amide bonds. The predicted octanol–water partition coefficient (Wildman–Crippen LogP) is 6.24. The number of nitrogens with zero attached hydrogens (tertiary/aromatic N) is 6. The van der Waals surface area contributed by atoms with E-state index in [4.69, 9.17) is 0 Å². The lowest BCUT2D eigenvalue weighted by Gasteiger charge is -2.25. The maximum absolute atomic E-state index is 13.9. The molecule has 1 aromatic heterocycles. The van der Waals surface area contributed by atoms with Crippen LogP contribution in [0.3, 0.4) is 0 Å². The quantitative estimate of drug-likeness (QED) is 0.137. The lowest BCUT2D eigenvalue weighted by Crippen LogP contribution is -2.35. The standard InChI is InChI=1S/C30H24F5N7O3S/c1-17-2-11-22(23-13-29(23,31)32)24(12-17)42-25(43)15-46-28(42)38-27(44)39-37-14-18-3-5-19(6-4-18)26-36-16-41(40-26)20-7-9-21(10-8-20)45-30(33,34)35/h2-12,14,16,23,25,43H,13,15H2,1H3,(H,39,44)/b37-14+,38-28-. The zero-order chi connectivity index (χ0) is 32.6. The third-order valence-corrected chi connectivity index (χ3v) is 8.09. The Kier molecular flexibility index (Phi) is 8.24. The lowest BCUT2D eigenvalue weighted by molar-refractivity contribution is -0.274. The number of thioether (sulfide) groups is 1. The molecule has 3 aromatic carbocycles. The van der Waals surface area contributed by atoms with E-state index in [1.165, 1.54) is 46.4 Å². The molecule has 1 aliphatic carbocycles. The number of amides is 2. The molecule has 6 rings (SSSR count). The summed E-state index contributed by atoms with van der Waals surface area (Å²) in [5.74, 6) is -3.55. The first kappa shape index (κ1) is 31.2. The van der Waals surface area contributed by atoms with Crippen LogP contribution in [-0.4, -0.2) is 61.6 Å². The molecule has 238 valence electrons. The van der Waals surface area contributed by atoms with E-state index in [1.54, 1.807) is 42.5 Å². The summed E-state index contributed by atoms with van der Waals surface area (Å²) in [5.41, 5.74) is 5.65. The number of aliphatic hydroxyl groups excluding tert-OH is 1. The van der Waals surface area contributed by atoms with Crippen molar-refractivity contribution in [1.82, 2.24) is 20.2 Å². The summed E-state index contributed by atoms with van der Waals surface area (Å²) in [6.07, 6.45) is -3.30. The van der Waals surface area contributed by atoms with Gasteiger partial charge >= 0.3 is 12.4 Å². The van der Waals surface area contributed by atoms with Gasteiger partial charge in [0.2, 0.25) is 0 Å². The Morgan fingerprint density at radius 3 is 2.52 bits per heavy atom. The Bertz CT molecular complexity index is 1810. The number of aliphatic imine (C=N–C) groups is 1. The third kappa shape index (κ3) is 7.02. The SMILES string of the molecule is Cc1ccc(C2CC2(F)F)c(N2/C(=N/C(=O)N/N=C/c3ccc(-c4ncn(-c5ccc(OC(F)(F)F)cc5)n4)cc3)SCC2O)c1. The zero-order valence-corrected chi connectivity index (χ0v) is 24.6. The van der Waals surface area contributed by atoms with Crippen molar-refractivity contribution in [2.45, 2.75) is 37.8 Å². The van der Waals surface area contributed by atoms with Crippen LogP contribution in [0.2, 0.25) is 0 Å². The van der Waals surface area contributed by atoms with E-state index in [9.17, 15) is 31.9 Å². The fourth-order valence-electron chi connectivity index (χ4n) is 4.79. The number of hydrogen-bond donors (Lipinski definition) is 2. The number of carbonyl (C=O) groups is 1. The second kappa shape index (κ2) is 12.2. The molecule has 4 aromatic rings. The minimum atomic E-state index is -4.78. The molecule has 1 aliphatic heterocycles. The highest BCUT2D eigenvalue weighted by Gasteiger charge is 2.58. The Hall–Kier alpha value is -4.83. The fraction of sp³-hybridized carbons (Fsp3) is 0.233. The molecule has 2 unspecified atom stereocenters. The number of aryl methyl sites for hydroxylation is 1. The van der Waals surface area contributed by atoms with Crippen LogP contribution >= 0.6 is 11.8 Å². The first-order valence-electron chi connectivity index (χ1n) is 13.7. The van der Waals surface area contributed by atoms with Gasteiger partial charge in [0.1, 0.15) is 18.3 Å². The van der Waals surface area contributed by atoms with Gasteiger partial charge in [-0.25, -0.2) is 28.7 Å². The van der Waals surface area contributed by atoms with Gasteiger partial charge in [-0.1, -0.05) is 48.2 Å². The molecule has 2 aliphatic rings. The lowest BCUT2D eigenvalue weighted by atomic mass is 10.0. The average molecular weight is 658 g/mol. The van der Waals surface area contributed by atoms with Crippen molar-refractivity contribution in [2.75, 3.05) is 10.7 Å². The molecule has 2 fully saturated rings. The number of urea groups is 1. The summed E-state index contributed by atoms with van der Waals surface area (Å²) in [6, 6.07) is 16.3. The topological polar surface area (TPSA) is 117 Å². The molecule has 0 spiro atoms. The van der Waals surface area contributed by atoms with Crippen molar-refractivity contribution in [3.63, 3.8) is 0 Å². The number of alkyl halides is 5. The number of aliphatic hydroxyl groups is 1. The maximum Gasteiger partial charge on any atom is 0.573 e. The highest BCUT2D eigenvalue weighted by atomic mass is 32.2. The van der Waals surface area contributed by atoms with Gasteiger partial charge in [0.15, 0.2) is 11.0 Å². The minimum absolute atomic E-state index is 0.165. The Labute approximate surface area is 262 Å². The summed E-state index contributed by atoms with van der Waals surface area (Å²) < 4.78 is 70.3. The monoisotopic (exact) mass is 657 g/mol. The van der Waals surface area contributed by atoms with Gasteiger partial charge in [-0.3, -0.25) is 4.90 Å². The van der Waals surface area contributed by atoms with Crippen LogP contribution in [0.15, 0.2) is 83.2 Å². The first-order valence-corrected chi connectivity index (χ1v) is 14.7. The first-order chi connectivity index (χ1) is 21.9. The highest BCUT2D eigenvalue weighted by molar-refractivity contribution is 8.14. The average Bonchev–Trinajstić information content (AvgIpc) is 3.30. The number of rotatable bonds is 7. The van der Waals surface area contributed by atoms with E-state index in [0.717, 1.165) is 17.3 Å². The Balaban J connectivity index is 1.09. The smallest absolute Gasteiger partial charge is 0.406 e. The Morgan fingerprint density at radius 2 is 1.85 bits per heavy atom. The molecular weight excluding hydrogens is 633 g/mol. The number of ether oxygens (including phenoxy) is 1. The molecule has 1 saturated carbocycles. The van der Waals surface area contributed by atoms with Gasteiger partial charge in [0.05, 0.1) is 17.8 Å². The molecule has 2 N–H and O–H groups in total. The minimum Gasteiger partial charge on any atom is -0.406 e. The second-order valence-corrected chi connectivity index (χ2v) is 11.5. The van der Waals surface area contributed by atoms with Crippen molar-refractivity contribution in [1.29, 1.82) is 0 Å². The van der Waals surface area contributed by atoms with Gasteiger partial charge in [-0.2, -0.15) is 10.1 Å². The molecule has 0 bridgehead atoms. The van der Waals surface area contributed by atoms with Gasteiger partial charge in [-0.05, 0) is 53.9 Å². The van der Waals surface area contributed by atoms with E-state index >= 15 is 0 Å². The molecule has 10 nitrogen and oxygen atoms in total. The number of halogens is 5. The Morgan fingerprint density at radius 1 is 1.13 bits per heavy atom. The van der Waals surface area contributed by atoms with Crippen LogP contribution in [-0.2, 0) is 0 Å². The van der Waals surface area contributed by atoms with Gasteiger partial charge in [0.25, 0.3) is 5.92 Å². The van der Waals surface area contributed by atoms with E-state index in [-0.39, 0.29) is 23.1 Å². The summed E-state index contributed by atoms with van der Waals surface area (Å²) in [4.78, 5) is 22.2. The van der Waals surface area contributed by atoms with Gasteiger partial charge < -0.3 is 9.84 Å². The van der Waals surface area contributed by atoms with Gasteiger partial charge in [0, 0.05) is 23.4 Å².